The molecule has 1 fully saturated rings. The predicted molar refractivity (Wildman–Crippen MR) is 141 cm³/mol. The van der Waals surface area contributed by atoms with Gasteiger partial charge in [-0.1, -0.05) is 18.2 Å². The number of likely N-dealkylation sites (tertiary alicyclic amines) is 1. The van der Waals surface area contributed by atoms with Crippen LogP contribution in [0.25, 0.3) is 0 Å². The monoisotopic (exact) mass is 498 g/mol. The maximum atomic E-state index is 12.8. The van der Waals surface area contributed by atoms with Gasteiger partial charge in [-0.25, -0.2) is 4.79 Å². The second-order valence-electron chi connectivity index (χ2n) is 8.94. The van der Waals surface area contributed by atoms with E-state index in [1.165, 1.54) is 27.0 Å². The molecule has 0 aliphatic carbocycles. The molecule has 196 valence electrons. The lowest BCUT2D eigenvalue weighted by Gasteiger charge is -2.32. The van der Waals surface area contributed by atoms with Gasteiger partial charge in [0.05, 0.1) is 27.0 Å². The Labute approximate surface area is 213 Å². The Hall–Kier alpha value is -3.62. The zero-order valence-electron chi connectivity index (χ0n) is 21.7. The van der Waals surface area contributed by atoms with Gasteiger partial charge in [0.25, 0.3) is 0 Å². The minimum absolute atomic E-state index is 0.0812. The molecule has 3 rings (SSSR count). The van der Waals surface area contributed by atoms with Crippen molar-refractivity contribution in [2.75, 3.05) is 64.8 Å². The van der Waals surface area contributed by atoms with E-state index in [1.54, 1.807) is 17.0 Å². The minimum Gasteiger partial charge on any atom is -0.493 e. The fourth-order valence-corrected chi connectivity index (χ4v) is 4.39. The third kappa shape index (κ3) is 7.44. The molecule has 0 aromatic heterocycles. The fourth-order valence-electron chi connectivity index (χ4n) is 4.39. The molecule has 9 nitrogen and oxygen atoms in total. The molecular formula is C27H38N4O5. The second-order valence-corrected chi connectivity index (χ2v) is 8.94. The first-order chi connectivity index (χ1) is 17.4. The zero-order valence-corrected chi connectivity index (χ0v) is 21.7. The third-order valence-corrected chi connectivity index (χ3v) is 6.48. The quantitative estimate of drug-likeness (QED) is 0.455. The smallest absolute Gasteiger partial charge is 0.321 e. The van der Waals surface area contributed by atoms with Gasteiger partial charge in [-0.3, -0.25) is 4.79 Å². The number of carbonyl (C=O) groups excluding carboxylic acids is 2. The molecule has 1 heterocycles. The van der Waals surface area contributed by atoms with Gasteiger partial charge >= 0.3 is 6.03 Å². The molecule has 1 saturated heterocycles. The SMILES string of the molecule is COc1cc(NC(=O)N2CCC(CC(=O)NCCCN(C)c3ccccc3)CC2)cc(OC)c1OC. The van der Waals surface area contributed by atoms with Gasteiger partial charge in [0, 0.05) is 57.5 Å². The molecule has 36 heavy (non-hydrogen) atoms. The van der Waals surface area contributed by atoms with Crippen LogP contribution in [-0.4, -0.2) is 71.4 Å². The standard InChI is InChI=1S/C27H38N4O5/c1-30(22-9-6-5-7-10-22)14-8-13-28-25(32)17-20-11-15-31(16-12-20)27(33)29-21-18-23(34-2)26(36-4)24(19-21)35-3/h5-7,9-10,18-20H,8,11-17H2,1-4H3,(H,28,32)(H,29,33). The first-order valence-corrected chi connectivity index (χ1v) is 12.3. The maximum Gasteiger partial charge on any atom is 0.321 e. The van der Waals surface area contributed by atoms with Crippen LogP contribution in [-0.2, 0) is 4.79 Å². The average molecular weight is 499 g/mol. The van der Waals surface area contributed by atoms with E-state index < -0.39 is 0 Å². The van der Waals surface area contributed by atoms with Gasteiger partial charge < -0.3 is 34.6 Å². The van der Waals surface area contributed by atoms with Gasteiger partial charge in [-0.15, -0.1) is 0 Å². The summed E-state index contributed by atoms with van der Waals surface area (Å²) in [5.41, 5.74) is 1.73. The van der Waals surface area contributed by atoms with Crippen LogP contribution < -0.4 is 29.7 Å². The van der Waals surface area contributed by atoms with Crippen LogP contribution in [0.15, 0.2) is 42.5 Å². The average Bonchev–Trinajstić information content (AvgIpc) is 2.91. The summed E-state index contributed by atoms with van der Waals surface area (Å²) < 4.78 is 16.0. The van der Waals surface area contributed by atoms with Gasteiger partial charge in [0.2, 0.25) is 11.7 Å². The lowest BCUT2D eigenvalue weighted by Crippen LogP contribution is -2.42. The number of nitrogens with zero attached hydrogens (tertiary/aromatic N) is 2. The molecule has 0 saturated carbocycles. The molecule has 0 atom stereocenters. The summed E-state index contributed by atoms with van der Waals surface area (Å²) in [6, 6.07) is 13.4. The van der Waals surface area contributed by atoms with Crippen molar-refractivity contribution in [2.45, 2.75) is 25.7 Å². The Balaban J connectivity index is 1.38. The molecule has 1 aliphatic rings. The van der Waals surface area contributed by atoms with Crippen LogP contribution >= 0.6 is 0 Å². The molecule has 2 aromatic carbocycles. The topological polar surface area (TPSA) is 92.4 Å². The minimum atomic E-state index is -0.185. The molecule has 1 aliphatic heterocycles. The van der Waals surface area contributed by atoms with E-state index in [-0.39, 0.29) is 17.9 Å². The zero-order chi connectivity index (χ0) is 25.9. The van der Waals surface area contributed by atoms with E-state index in [4.69, 9.17) is 14.2 Å². The van der Waals surface area contributed by atoms with Gasteiger partial charge in [-0.05, 0) is 37.3 Å². The fraction of sp³-hybridized carbons (Fsp3) is 0.481. The van der Waals surface area contributed by atoms with Gasteiger partial charge in [0.1, 0.15) is 0 Å². The number of hydrogen-bond donors (Lipinski definition) is 2. The number of nitrogens with one attached hydrogen (secondary N) is 2. The lowest BCUT2D eigenvalue weighted by atomic mass is 9.93. The van der Waals surface area contributed by atoms with E-state index in [0.717, 1.165) is 25.8 Å². The van der Waals surface area contributed by atoms with Crippen LogP contribution in [0.3, 0.4) is 0 Å². The highest BCUT2D eigenvalue weighted by atomic mass is 16.5. The van der Waals surface area contributed by atoms with Crippen LogP contribution in [0.4, 0.5) is 16.2 Å². The normalized spacial score (nSPS) is 13.6. The van der Waals surface area contributed by atoms with Crippen molar-refractivity contribution in [1.29, 1.82) is 0 Å². The molecule has 0 spiro atoms. The summed E-state index contributed by atoms with van der Waals surface area (Å²) in [5, 5.41) is 5.95. The van der Waals surface area contributed by atoms with Crippen LogP contribution in [0.5, 0.6) is 17.2 Å². The summed E-state index contributed by atoms with van der Waals surface area (Å²) in [4.78, 5) is 29.2. The molecule has 2 aromatic rings. The largest absolute Gasteiger partial charge is 0.493 e. The Kier molecular flexibility index (Phi) is 10.1. The Bertz CT molecular complexity index is 968. The van der Waals surface area contributed by atoms with E-state index >= 15 is 0 Å². The number of benzene rings is 2. The summed E-state index contributed by atoms with van der Waals surface area (Å²) in [7, 11) is 6.66. The van der Waals surface area contributed by atoms with Crippen molar-refractivity contribution in [1.82, 2.24) is 10.2 Å². The van der Waals surface area contributed by atoms with Gasteiger partial charge in [0.15, 0.2) is 11.5 Å². The predicted octanol–water partition coefficient (Wildman–Crippen LogP) is 3.99. The number of amides is 3. The first kappa shape index (κ1) is 27.0. The van der Waals surface area contributed by atoms with E-state index in [2.05, 4.69) is 34.7 Å². The Morgan fingerprint density at radius 1 is 1.00 bits per heavy atom. The molecule has 0 radical (unpaired) electrons. The van der Waals surface area contributed by atoms with Crippen LogP contribution in [0.1, 0.15) is 25.7 Å². The number of carbonyl (C=O) groups is 2. The summed E-state index contributed by atoms with van der Waals surface area (Å²) >= 11 is 0. The molecule has 0 unspecified atom stereocenters. The highest BCUT2D eigenvalue weighted by Crippen LogP contribution is 2.40. The number of hydrogen-bond acceptors (Lipinski definition) is 6. The summed E-state index contributed by atoms with van der Waals surface area (Å²) in [6.07, 6.45) is 2.98. The molecule has 3 amide bonds. The number of piperidine rings is 1. The van der Waals surface area contributed by atoms with Crippen molar-refractivity contribution < 1.29 is 23.8 Å². The van der Waals surface area contributed by atoms with Crippen molar-refractivity contribution >= 4 is 23.3 Å². The molecule has 2 N–H and O–H groups in total. The first-order valence-electron chi connectivity index (χ1n) is 12.3. The highest BCUT2D eigenvalue weighted by molar-refractivity contribution is 5.90. The number of urea groups is 1. The molecule has 0 bridgehead atoms. The third-order valence-electron chi connectivity index (χ3n) is 6.48. The highest BCUT2D eigenvalue weighted by Gasteiger charge is 2.25. The number of para-hydroxylation sites is 1. The molecule has 9 heteroatoms. The van der Waals surface area contributed by atoms with E-state index in [9.17, 15) is 9.59 Å². The number of anilines is 2. The maximum absolute atomic E-state index is 12.8. The van der Waals surface area contributed by atoms with Gasteiger partial charge in [-0.2, -0.15) is 0 Å². The Morgan fingerprint density at radius 3 is 2.22 bits per heavy atom. The lowest BCUT2D eigenvalue weighted by molar-refractivity contribution is -0.122. The Morgan fingerprint density at radius 2 is 1.64 bits per heavy atom. The van der Waals surface area contributed by atoms with Crippen molar-refractivity contribution in [3.63, 3.8) is 0 Å². The van der Waals surface area contributed by atoms with Crippen LogP contribution in [0.2, 0.25) is 0 Å². The summed E-state index contributed by atoms with van der Waals surface area (Å²) in [5.74, 6) is 1.78. The van der Waals surface area contributed by atoms with Crippen molar-refractivity contribution in [2.24, 2.45) is 5.92 Å². The van der Waals surface area contributed by atoms with Crippen molar-refractivity contribution in [3.05, 3.63) is 42.5 Å². The van der Waals surface area contributed by atoms with Crippen molar-refractivity contribution in [3.8, 4) is 17.2 Å². The van der Waals surface area contributed by atoms with Crippen LogP contribution in [0, 0.1) is 5.92 Å². The van der Waals surface area contributed by atoms with E-state index in [0.29, 0.717) is 49.0 Å². The van der Waals surface area contributed by atoms with E-state index in [1.807, 2.05) is 18.2 Å². The number of methoxy groups -OCH3 is 3. The second kappa shape index (κ2) is 13.5. The number of rotatable bonds is 11. The molecular weight excluding hydrogens is 460 g/mol. The summed E-state index contributed by atoms with van der Waals surface area (Å²) in [6.45, 7) is 2.75. The number of ether oxygens (including phenoxy) is 3.